The summed E-state index contributed by atoms with van der Waals surface area (Å²) in [6.45, 7) is -3.69. The van der Waals surface area contributed by atoms with Crippen LogP contribution < -0.4 is 10.2 Å². The Bertz CT molecular complexity index is 599. The predicted octanol–water partition coefficient (Wildman–Crippen LogP) is 3.70. The van der Waals surface area contributed by atoms with Crippen LogP contribution in [0.2, 0.25) is 0 Å². The van der Waals surface area contributed by atoms with E-state index >= 15 is 0 Å². The Labute approximate surface area is 121 Å². The fraction of sp³-hybridized carbons (Fsp3) is 0.333. The molecule has 6 heteroatoms. The first-order valence-electron chi connectivity index (χ1n) is 6.86. The van der Waals surface area contributed by atoms with Crippen LogP contribution in [0.4, 0.5) is 12.9 Å². The average Bonchev–Trinajstić information content (AvgIpc) is 2.45. The van der Waals surface area contributed by atoms with Crippen molar-refractivity contribution in [1.82, 2.24) is 0 Å². The molecular formula is C15H17BF3O2-. The number of halogens is 3. The quantitative estimate of drug-likeness (QED) is 0.573. The van der Waals surface area contributed by atoms with Gasteiger partial charge in [0.15, 0.2) is 0 Å². The van der Waals surface area contributed by atoms with Gasteiger partial charge in [0, 0.05) is 13.7 Å². The molecule has 0 bridgehead atoms. The first-order valence-corrected chi connectivity index (χ1v) is 6.86. The highest BCUT2D eigenvalue weighted by atomic mass is 19.4. The van der Waals surface area contributed by atoms with Gasteiger partial charge in [-0.15, -0.1) is 5.46 Å². The van der Waals surface area contributed by atoms with Crippen molar-refractivity contribution in [3.05, 3.63) is 36.4 Å². The Balaban J connectivity index is 2.05. The summed E-state index contributed by atoms with van der Waals surface area (Å²) in [7, 11) is 1.65. The zero-order valence-electron chi connectivity index (χ0n) is 11.8. The molecule has 0 aromatic heterocycles. The molecule has 0 saturated heterocycles. The summed E-state index contributed by atoms with van der Waals surface area (Å²) in [6, 6.07) is 8.90. The molecule has 0 aliphatic rings. The summed E-state index contributed by atoms with van der Waals surface area (Å²) >= 11 is 0. The SMILES string of the molecule is COCCCCOc1ccc2cc([B-](F)(F)F)ccc2c1. The fourth-order valence-corrected chi connectivity index (χ4v) is 2.07. The minimum absolute atomic E-state index is 0.568. The van der Waals surface area contributed by atoms with Crippen LogP contribution in [-0.4, -0.2) is 27.3 Å². The smallest absolute Gasteiger partial charge is 0.494 e. The van der Waals surface area contributed by atoms with E-state index in [0.29, 0.717) is 24.3 Å². The van der Waals surface area contributed by atoms with E-state index in [1.165, 1.54) is 12.1 Å². The number of hydrogen-bond acceptors (Lipinski definition) is 2. The van der Waals surface area contributed by atoms with Crippen LogP contribution in [0.25, 0.3) is 10.8 Å². The summed E-state index contributed by atoms with van der Waals surface area (Å²) in [4.78, 5) is 0. The molecule has 0 atom stereocenters. The zero-order chi connectivity index (χ0) is 15.3. The van der Waals surface area contributed by atoms with Crippen molar-refractivity contribution < 1.29 is 22.4 Å². The van der Waals surface area contributed by atoms with Gasteiger partial charge in [0.05, 0.1) is 6.61 Å². The maximum atomic E-state index is 12.7. The molecule has 0 unspecified atom stereocenters. The van der Waals surface area contributed by atoms with Gasteiger partial charge in [0.25, 0.3) is 0 Å². The highest BCUT2D eigenvalue weighted by Gasteiger charge is 2.25. The van der Waals surface area contributed by atoms with Crippen molar-refractivity contribution in [3.63, 3.8) is 0 Å². The highest BCUT2D eigenvalue weighted by molar-refractivity contribution is 6.73. The highest BCUT2D eigenvalue weighted by Crippen LogP contribution is 2.22. The van der Waals surface area contributed by atoms with Crippen molar-refractivity contribution in [2.24, 2.45) is 0 Å². The van der Waals surface area contributed by atoms with Gasteiger partial charge >= 0.3 is 6.98 Å². The second kappa shape index (κ2) is 6.85. The van der Waals surface area contributed by atoms with Crippen LogP contribution in [0, 0.1) is 0 Å². The standard InChI is InChI=1S/C15H17BF3O2/c1-20-8-2-3-9-21-15-7-5-12-10-14(16(17,18)19)6-4-13(12)11-15/h4-7,10-11H,2-3,8-9H2,1H3/q-1. The van der Waals surface area contributed by atoms with E-state index in [2.05, 4.69) is 0 Å². The number of methoxy groups -OCH3 is 1. The first kappa shape index (κ1) is 15.7. The van der Waals surface area contributed by atoms with Crippen LogP contribution in [0.15, 0.2) is 36.4 Å². The lowest BCUT2D eigenvalue weighted by Crippen LogP contribution is -2.33. The molecule has 0 saturated carbocycles. The van der Waals surface area contributed by atoms with Crippen LogP contribution in [-0.2, 0) is 4.74 Å². The van der Waals surface area contributed by atoms with Gasteiger partial charge in [0.1, 0.15) is 5.75 Å². The second-order valence-electron chi connectivity index (χ2n) is 4.89. The molecule has 0 spiro atoms. The maximum absolute atomic E-state index is 12.7. The molecule has 114 valence electrons. The summed E-state index contributed by atoms with van der Waals surface area (Å²) in [6.07, 6.45) is 1.79. The minimum Gasteiger partial charge on any atom is -0.494 e. The van der Waals surface area contributed by atoms with E-state index in [4.69, 9.17) is 9.47 Å². The minimum atomic E-state index is -4.96. The van der Waals surface area contributed by atoms with E-state index < -0.39 is 12.4 Å². The van der Waals surface area contributed by atoms with Gasteiger partial charge in [0.2, 0.25) is 0 Å². The normalized spacial score (nSPS) is 11.8. The van der Waals surface area contributed by atoms with Gasteiger partial charge in [-0.1, -0.05) is 24.3 Å². The third-order valence-electron chi connectivity index (χ3n) is 3.23. The Hall–Kier alpha value is -1.69. The topological polar surface area (TPSA) is 18.5 Å². The monoisotopic (exact) mass is 297 g/mol. The third kappa shape index (κ3) is 4.39. The number of benzene rings is 2. The molecule has 0 radical (unpaired) electrons. The zero-order valence-corrected chi connectivity index (χ0v) is 11.8. The van der Waals surface area contributed by atoms with Crippen LogP contribution in [0.5, 0.6) is 5.75 Å². The predicted molar refractivity (Wildman–Crippen MR) is 79.3 cm³/mol. The summed E-state index contributed by atoms with van der Waals surface area (Å²) in [5, 5.41) is 1.31. The van der Waals surface area contributed by atoms with Gasteiger partial charge in [-0.2, -0.15) is 0 Å². The molecule has 2 aromatic carbocycles. The van der Waals surface area contributed by atoms with Gasteiger partial charge in [-0.25, -0.2) is 0 Å². The molecule has 0 amide bonds. The van der Waals surface area contributed by atoms with Crippen LogP contribution >= 0.6 is 0 Å². The van der Waals surface area contributed by atoms with Crippen molar-refractivity contribution in [3.8, 4) is 5.75 Å². The number of hydrogen-bond donors (Lipinski definition) is 0. The Morgan fingerprint density at radius 1 is 0.905 bits per heavy atom. The summed E-state index contributed by atoms with van der Waals surface area (Å²) < 4.78 is 48.6. The van der Waals surface area contributed by atoms with Crippen LogP contribution in [0.3, 0.4) is 0 Å². The fourth-order valence-electron chi connectivity index (χ4n) is 2.07. The van der Waals surface area contributed by atoms with Crippen molar-refractivity contribution in [1.29, 1.82) is 0 Å². The largest absolute Gasteiger partial charge is 0.509 e. The molecular weight excluding hydrogens is 280 g/mol. The average molecular weight is 297 g/mol. The molecule has 2 rings (SSSR count). The number of fused-ring (bicyclic) bond motifs is 1. The van der Waals surface area contributed by atoms with Gasteiger partial charge in [-0.3, -0.25) is 0 Å². The molecule has 0 aliphatic carbocycles. The van der Waals surface area contributed by atoms with Crippen LogP contribution in [0.1, 0.15) is 12.8 Å². The second-order valence-corrected chi connectivity index (χ2v) is 4.89. The van der Waals surface area contributed by atoms with E-state index in [0.717, 1.165) is 24.3 Å². The number of ether oxygens (including phenoxy) is 2. The summed E-state index contributed by atoms with van der Waals surface area (Å²) in [5.41, 5.74) is -0.573. The number of rotatable bonds is 7. The molecule has 0 heterocycles. The lowest BCUT2D eigenvalue weighted by Gasteiger charge is -2.15. The number of unbranched alkanes of at least 4 members (excludes halogenated alkanes) is 1. The Morgan fingerprint density at radius 3 is 2.29 bits per heavy atom. The molecule has 0 fully saturated rings. The molecule has 2 nitrogen and oxygen atoms in total. The Kier molecular flexibility index (Phi) is 5.12. The molecule has 0 N–H and O–H groups in total. The molecule has 0 aliphatic heterocycles. The van der Waals surface area contributed by atoms with Crippen molar-refractivity contribution in [2.75, 3.05) is 20.3 Å². The van der Waals surface area contributed by atoms with Gasteiger partial charge < -0.3 is 22.4 Å². The van der Waals surface area contributed by atoms with Gasteiger partial charge in [-0.05, 0) is 35.7 Å². The first-order chi connectivity index (χ1) is 10.0. The lowest BCUT2D eigenvalue weighted by molar-refractivity contribution is 0.184. The van der Waals surface area contributed by atoms with Crippen molar-refractivity contribution in [2.45, 2.75) is 12.8 Å². The molecule has 2 aromatic rings. The maximum Gasteiger partial charge on any atom is 0.509 e. The Morgan fingerprint density at radius 2 is 1.57 bits per heavy atom. The van der Waals surface area contributed by atoms with E-state index in [1.54, 1.807) is 25.3 Å². The van der Waals surface area contributed by atoms with E-state index in [9.17, 15) is 12.9 Å². The third-order valence-corrected chi connectivity index (χ3v) is 3.23. The lowest BCUT2D eigenvalue weighted by atomic mass is 9.79. The van der Waals surface area contributed by atoms with Crippen molar-refractivity contribution >= 4 is 23.2 Å². The molecule has 21 heavy (non-hydrogen) atoms. The summed E-state index contributed by atoms with van der Waals surface area (Å²) in [5.74, 6) is 0.671. The van der Waals surface area contributed by atoms with E-state index in [-0.39, 0.29) is 0 Å². The van der Waals surface area contributed by atoms with E-state index in [1.807, 2.05) is 0 Å².